The summed E-state index contributed by atoms with van der Waals surface area (Å²) in [5.74, 6) is 0.537. The lowest BCUT2D eigenvalue weighted by Crippen LogP contribution is -1.97. The molecule has 0 unspecified atom stereocenters. The van der Waals surface area contributed by atoms with Crippen LogP contribution in [0.15, 0.2) is 21.4 Å². The van der Waals surface area contributed by atoms with Crippen LogP contribution in [0, 0.1) is 0 Å². The van der Waals surface area contributed by atoms with E-state index >= 15 is 0 Å². The Bertz CT molecular complexity index is 168. The molecule has 0 aliphatic carbocycles. The summed E-state index contributed by atoms with van der Waals surface area (Å²) in [4.78, 5) is 7.25. The van der Waals surface area contributed by atoms with Crippen molar-refractivity contribution in [1.29, 1.82) is 0 Å². The Hall–Kier alpha value is -1.12. The fraction of sp³-hybridized carbons (Fsp3) is 0.429. The van der Waals surface area contributed by atoms with Crippen LogP contribution in [-0.2, 0) is 0 Å². The van der Waals surface area contributed by atoms with Crippen LogP contribution in [0.25, 0.3) is 0 Å². The van der Waals surface area contributed by atoms with E-state index in [4.69, 9.17) is 5.73 Å². The molecule has 0 radical (unpaired) electrons. The van der Waals surface area contributed by atoms with Crippen LogP contribution in [0.2, 0.25) is 0 Å². The molecule has 0 aromatic carbocycles. The van der Waals surface area contributed by atoms with Gasteiger partial charge in [0.15, 0.2) is 0 Å². The third kappa shape index (κ3) is 3.02. The fourth-order valence-corrected chi connectivity index (χ4v) is 0.394. The summed E-state index contributed by atoms with van der Waals surface area (Å²) in [5, 5.41) is 0. The van der Waals surface area contributed by atoms with Gasteiger partial charge in [-0.2, -0.15) is 0 Å². The van der Waals surface area contributed by atoms with Crippen LogP contribution in [-0.4, -0.2) is 13.1 Å². The lowest BCUT2D eigenvalue weighted by atomic mass is 10.2. The molecular formula is C7H13N3. The first-order chi connectivity index (χ1) is 4.72. The molecule has 0 aliphatic rings. The van der Waals surface area contributed by atoms with Crippen molar-refractivity contribution in [2.24, 2.45) is 15.7 Å². The van der Waals surface area contributed by atoms with Crippen LogP contribution >= 0.6 is 0 Å². The maximum absolute atomic E-state index is 5.51. The molecule has 0 aliphatic heterocycles. The second kappa shape index (κ2) is 4.73. The van der Waals surface area contributed by atoms with E-state index < -0.39 is 0 Å². The summed E-state index contributed by atoms with van der Waals surface area (Å²) < 4.78 is 0. The molecular weight excluding hydrogens is 126 g/mol. The van der Waals surface area contributed by atoms with Crippen molar-refractivity contribution in [3.63, 3.8) is 0 Å². The molecule has 10 heavy (non-hydrogen) atoms. The fourth-order valence-electron chi connectivity index (χ4n) is 0.394. The molecule has 3 heteroatoms. The third-order valence-corrected chi connectivity index (χ3v) is 1.25. The van der Waals surface area contributed by atoms with Gasteiger partial charge in [-0.05, 0) is 25.6 Å². The van der Waals surface area contributed by atoms with Gasteiger partial charge in [-0.15, -0.1) is 0 Å². The molecule has 0 aromatic heterocycles. The number of hydrogen-bond donors (Lipinski definition) is 1. The van der Waals surface area contributed by atoms with Crippen molar-refractivity contribution in [3.05, 3.63) is 11.4 Å². The van der Waals surface area contributed by atoms with E-state index in [1.807, 2.05) is 13.8 Å². The van der Waals surface area contributed by atoms with E-state index in [0.717, 1.165) is 12.0 Å². The summed E-state index contributed by atoms with van der Waals surface area (Å²) >= 11 is 0. The molecule has 0 rings (SSSR count). The minimum atomic E-state index is 0.537. The molecule has 0 spiro atoms. The second-order valence-electron chi connectivity index (χ2n) is 1.95. The number of nitrogens with two attached hydrogens (primary N) is 1. The zero-order valence-corrected chi connectivity index (χ0v) is 6.46. The van der Waals surface area contributed by atoms with Gasteiger partial charge in [0.1, 0.15) is 12.2 Å². The average Bonchev–Trinajstić information content (AvgIpc) is 1.98. The molecule has 0 saturated heterocycles. The number of allylic oxidation sites excluding steroid dienone is 1. The van der Waals surface area contributed by atoms with Gasteiger partial charge in [-0.1, -0.05) is 6.92 Å². The Kier molecular flexibility index (Phi) is 4.20. The van der Waals surface area contributed by atoms with Crippen LogP contribution in [0.1, 0.15) is 20.3 Å². The number of rotatable bonds is 3. The summed E-state index contributed by atoms with van der Waals surface area (Å²) in [6.45, 7) is 7.21. The first kappa shape index (κ1) is 8.88. The molecule has 0 aromatic rings. The molecule has 0 bridgehead atoms. The number of aliphatic imine (C=N–C) groups is 2. The van der Waals surface area contributed by atoms with Crippen molar-refractivity contribution < 1.29 is 0 Å². The van der Waals surface area contributed by atoms with Crippen LogP contribution in [0.4, 0.5) is 0 Å². The van der Waals surface area contributed by atoms with Crippen LogP contribution < -0.4 is 5.73 Å². The molecule has 0 fully saturated rings. The third-order valence-electron chi connectivity index (χ3n) is 1.25. The number of nitrogens with zero attached hydrogens (tertiary/aromatic N) is 2. The van der Waals surface area contributed by atoms with Crippen molar-refractivity contribution in [3.8, 4) is 0 Å². The molecule has 3 nitrogen and oxygen atoms in total. The molecule has 0 atom stereocenters. The first-order valence-corrected chi connectivity index (χ1v) is 3.16. The van der Waals surface area contributed by atoms with E-state index in [1.165, 1.54) is 6.34 Å². The Labute approximate surface area is 61.4 Å². The van der Waals surface area contributed by atoms with Crippen molar-refractivity contribution in [2.75, 3.05) is 0 Å². The summed E-state index contributed by atoms with van der Waals surface area (Å²) in [7, 11) is 0. The van der Waals surface area contributed by atoms with Crippen LogP contribution in [0.5, 0.6) is 0 Å². The maximum atomic E-state index is 5.51. The van der Waals surface area contributed by atoms with Gasteiger partial charge in [0.25, 0.3) is 0 Å². The molecule has 0 heterocycles. The van der Waals surface area contributed by atoms with Gasteiger partial charge in [0, 0.05) is 0 Å². The quantitative estimate of drug-likeness (QED) is 0.465. The summed E-state index contributed by atoms with van der Waals surface area (Å²) in [6.07, 6.45) is 2.26. The zero-order chi connectivity index (χ0) is 7.98. The smallest absolute Gasteiger partial charge is 0.124 e. The van der Waals surface area contributed by atoms with Gasteiger partial charge in [-0.3, -0.25) is 4.99 Å². The average molecular weight is 139 g/mol. The zero-order valence-electron chi connectivity index (χ0n) is 6.46. The Balaban J connectivity index is 4.17. The predicted octanol–water partition coefficient (Wildman–Crippen LogP) is 1.32. The molecule has 56 valence electrons. The van der Waals surface area contributed by atoms with Crippen molar-refractivity contribution >= 4 is 13.1 Å². The maximum Gasteiger partial charge on any atom is 0.124 e. The molecule has 0 saturated carbocycles. The van der Waals surface area contributed by atoms with Gasteiger partial charge in [0.05, 0.1) is 0 Å². The van der Waals surface area contributed by atoms with Gasteiger partial charge >= 0.3 is 0 Å². The van der Waals surface area contributed by atoms with E-state index in [2.05, 4.69) is 16.7 Å². The minimum Gasteiger partial charge on any atom is -0.384 e. The van der Waals surface area contributed by atoms with Gasteiger partial charge in [0.2, 0.25) is 0 Å². The lowest BCUT2D eigenvalue weighted by molar-refractivity contribution is 1.02. The molecule has 0 amide bonds. The summed E-state index contributed by atoms with van der Waals surface area (Å²) in [5.41, 5.74) is 6.58. The minimum absolute atomic E-state index is 0.537. The highest BCUT2D eigenvalue weighted by Gasteiger charge is 1.89. The highest BCUT2D eigenvalue weighted by molar-refractivity contribution is 5.63. The highest BCUT2D eigenvalue weighted by atomic mass is 14.9. The van der Waals surface area contributed by atoms with E-state index in [9.17, 15) is 0 Å². The lowest BCUT2D eigenvalue weighted by Gasteiger charge is -1.96. The second-order valence-corrected chi connectivity index (χ2v) is 1.95. The largest absolute Gasteiger partial charge is 0.384 e. The normalized spacial score (nSPS) is 13.4. The van der Waals surface area contributed by atoms with E-state index in [1.54, 1.807) is 0 Å². The van der Waals surface area contributed by atoms with Gasteiger partial charge < -0.3 is 5.73 Å². The topological polar surface area (TPSA) is 50.7 Å². The van der Waals surface area contributed by atoms with Crippen molar-refractivity contribution in [1.82, 2.24) is 0 Å². The predicted molar refractivity (Wildman–Crippen MR) is 45.2 cm³/mol. The highest BCUT2D eigenvalue weighted by Crippen LogP contribution is 2.02. The monoisotopic (exact) mass is 139 g/mol. The van der Waals surface area contributed by atoms with Gasteiger partial charge in [-0.25, -0.2) is 4.99 Å². The standard InChI is InChI=1S/C7H13N3/c1-4-6(2)7(8)10-5-9-3/h5H,3-4,8H2,1-2H3/b7-6+,10-5-. The van der Waals surface area contributed by atoms with E-state index in [0.29, 0.717) is 5.82 Å². The molecule has 2 N–H and O–H groups in total. The Morgan fingerprint density at radius 1 is 1.70 bits per heavy atom. The number of hydrogen-bond acceptors (Lipinski definition) is 2. The van der Waals surface area contributed by atoms with Crippen molar-refractivity contribution in [2.45, 2.75) is 20.3 Å². The van der Waals surface area contributed by atoms with E-state index in [-0.39, 0.29) is 0 Å². The first-order valence-electron chi connectivity index (χ1n) is 3.16. The SMILES string of the molecule is C=N/C=N\C(N)=C(/C)CC. The Morgan fingerprint density at radius 2 is 2.30 bits per heavy atom. The van der Waals surface area contributed by atoms with Crippen LogP contribution in [0.3, 0.4) is 0 Å². The Morgan fingerprint density at radius 3 is 2.70 bits per heavy atom. The summed E-state index contributed by atoms with van der Waals surface area (Å²) in [6, 6.07) is 0.